The van der Waals surface area contributed by atoms with Gasteiger partial charge >= 0.3 is 0 Å². The molecule has 1 aromatic rings. The zero-order valence-electron chi connectivity index (χ0n) is 16.4. The molecule has 0 aromatic heterocycles. The second-order valence-electron chi connectivity index (χ2n) is 8.73. The summed E-state index contributed by atoms with van der Waals surface area (Å²) in [6.07, 6.45) is 7.83. The number of benzene rings is 1. The first-order valence-electron chi connectivity index (χ1n) is 9.87. The molecule has 1 heterocycles. The number of anilines is 2. The predicted octanol–water partition coefficient (Wildman–Crippen LogP) is 6.15. The molecule has 0 bridgehead atoms. The average molecular weight is 339 g/mol. The highest BCUT2D eigenvalue weighted by Gasteiger charge is 2.29. The standard InChI is InChI=1S/C23H34N2/c1-18(23(3,4)5)17-25-19(2)15-16-24(20-11-7-6-8-12-20)21-13-9-10-14-22(21)25/h9-10,13-14,20H,1-2,6-8,11-12,15-17H2,3-5H3. The van der Waals surface area contributed by atoms with Crippen LogP contribution in [0.2, 0.25) is 0 Å². The van der Waals surface area contributed by atoms with Crippen LogP contribution in [0.5, 0.6) is 0 Å². The van der Waals surface area contributed by atoms with Gasteiger partial charge < -0.3 is 9.80 Å². The third kappa shape index (κ3) is 3.94. The quantitative estimate of drug-likeness (QED) is 0.610. The molecule has 0 N–H and O–H groups in total. The van der Waals surface area contributed by atoms with E-state index in [0.29, 0.717) is 6.04 Å². The van der Waals surface area contributed by atoms with E-state index in [2.05, 4.69) is 68.0 Å². The molecular weight excluding hydrogens is 304 g/mol. The van der Waals surface area contributed by atoms with Gasteiger partial charge in [0.05, 0.1) is 11.4 Å². The number of hydrogen-bond acceptors (Lipinski definition) is 2. The smallest absolute Gasteiger partial charge is 0.0649 e. The van der Waals surface area contributed by atoms with Gasteiger partial charge in [-0.2, -0.15) is 0 Å². The van der Waals surface area contributed by atoms with Crippen LogP contribution in [0.4, 0.5) is 11.4 Å². The second-order valence-corrected chi connectivity index (χ2v) is 8.73. The van der Waals surface area contributed by atoms with Crippen molar-refractivity contribution in [1.82, 2.24) is 0 Å². The van der Waals surface area contributed by atoms with Crippen LogP contribution < -0.4 is 9.80 Å². The molecule has 3 rings (SSSR count). The molecule has 1 aromatic carbocycles. The van der Waals surface area contributed by atoms with Crippen LogP contribution >= 0.6 is 0 Å². The molecule has 0 amide bonds. The number of nitrogens with zero attached hydrogens (tertiary/aromatic N) is 2. The second kappa shape index (κ2) is 7.27. The van der Waals surface area contributed by atoms with Gasteiger partial charge in [0.25, 0.3) is 0 Å². The van der Waals surface area contributed by atoms with E-state index >= 15 is 0 Å². The minimum absolute atomic E-state index is 0.116. The van der Waals surface area contributed by atoms with Crippen molar-refractivity contribution in [2.45, 2.75) is 65.3 Å². The maximum absolute atomic E-state index is 4.43. The fourth-order valence-corrected chi connectivity index (χ4v) is 4.01. The molecule has 1 fully saturated rings. The van der Waals surface area contributed by atoms with Crippen molar-refractivity contribution in [1.29, 1.82) is 0 Å². The van der Waals surface area contributed by atoms with Crippen LogP contribution in [-0.2, 0) is 0 Å². The summed E-state index contributed by atoms with van der Waals surface area (Å²) in [4.78, 5) is 5.07. The lowest BCUT2D eigenvalue weighted by atomic mass is 9.87. The molecule has 0 saturated heterocycles. The van der Waals surface area contributed by atoms with E-state index < -0.39 is 0 Å². The van der Waals surface area contributed by atoms with Crippen LogP contribution in [-0.4, -0.2) is 19.1 Å². The number of fused-ring (bicyclic) bond motifs is 1. The highest BCUT2D eigenvalue weighted by atomic mass is 15.2. The van der Waals surface area contributed by atoms with Crippen molar-refractivity contribution < 1.29 is 0 Å². The first kappa shape index (κ1) is 18.1. The lowest BCUT2D eigenvalue weighted by molar-refractivity contribution is 0.416. The van der Waals surface area contributed by atoms with Gasteiger partial charge in [0.2, 0.25) is 0 Å². The summed E-state index contributed by atoms with van der Waals surface area (Å²) in [6, 6.07) is 9.59. The summed E-state index contributed by atoms with van der Waals surface area (Å²) in [5, 5.41) is 0. The number of hydrogen-bond donors (Lipinski definition) is 0. The minimum Gasteiger partial charge on any atom is -0.366 e. The summed E-state index contributed by atoms with van der Waals surface area (Å²) < 4.78 is 0. The van der Waals surface area contributed by atoms with Crippen molar-refractivity contribution in [2.75, 3.05) is 22.9 Å². The Morgan fingerprint density at radius 2 is 1.72 bits per heavy atom. The molecule has 1 aliphatic carbocycles. The Balaban J connectivity index is 1.93. The molecular formula is C23H34N2. The van der Waals surface area contributed by atoms with Gasteiger partial charge in [-0.25, -0.2) is 0 Å². The molecule has 1 saturated carbocycles. The highest BCUT2D eigenvalue weighted by molar-refractivity contribution is 5.75. The van der Waals surface area contributed by atoms with E-state index in [-0.39, 0.29) is 5.41 Å². The average Bonchev–Trinajstić information content (AvgIpc) is 2.73. The summed E-state index contributed by atoms with van der Waals surface area (Å²) in [5.41, 5.74) is 5.28. The molecule has 0 spiro atoms. The van der Waals surface area contributed by atoms with Crippen molar-refractivity contribution in [3.05, 3.63) is 48.7 Å². The van der Waals surface area contributed by atoms with Crippen molar-refractivity contribution in [2.24, 2.45) is 5.41 Å². The lowest BCUT2D eigenvalue weighted by Crippen LogP contribution is -2.37. The Hall–Kier alpha value is -1.70. The van der Waals surface area contributed by atoms with Crippen LogP contribution in [0.3, 0.4) is 0 Å². The Labute approximate surface area is 154 Å². The van der Waals surface area contributed by atoms with E-state index in [1.807, 2.05) is 0 Å². The molecule has 2 heteroatoms. The molecule has 2 aliphatic rings. The van der Waals surface area contributed by atoms with Gasteiger partial charge in [0.1, 0.15) is 0 Å². The fraction of sp³-hybridized carbons (Fsp3) is 0.565. The Kier molecular flexibility index (Phi) is 5.27. The summed E-state index contributed by atoms with van der Waals surface area (Å²) >= 11 is 0. The predicted molar refractivity (Wildman–Crippen MR) is 110 cm³/mol. The maximum Gasteiger partial charge on any atom is 0.0649 e. The summed E-state index contributed by atoms with van der Waals surface area (Å²) in [5.74, 6) is 0. The van der Waals surface area contributed by atoms with E-state index in [4.69, 9.17) is 0 Å². The zero-order chi connectivity index (χ0) is 18.0. The topological polar surface area (TPSA) is 6.48 Å². The monoisotopic (exact) mass is 338 g/mol. The fourth-order valence-electron chi connectivity index (χ4n) is 4.01. The van der Waals surface area contributed by atoms with Gasteiger partial charge in [-0.3, -0.25) is 0 Å². The Morgan fingerprint density at radius 3 is 2.36 bits per heavy atom. The van der Waals surface area contributed by atoms with Gasteiger partial charge in [0.15, 0.2) is 0 Å². The summed E-state index contributed by atoms with van der Waals surface area (Å²) in [6.45, 7) is 17.5. The SMILES string of the molecule is C=C1CCN(C2CCCCC2)c2ccccc2N1CC(=C)C(C)(C)C. The maximum atomic E-state index is 4.43. The molecule has 2 nitrogen and oxygen atoms in total. The first-order chi connectivity index (χ1) is 11.9. The van der Waals surface area contributed by atoms with Crippen molar-refractivity contribution in [3.63, 3.8) is 0 Å². The van der Waals surface area contributed by atoms with Crippen LogP contribution in [0.1, 0.15) is 59.3 Å². The van der Waals surface area contributed by atoms with Crippen LogP contribution in [0.15, 0.2) is 48.7 Å². The van der Waals surface area contributed by atoms with E-state index in [1.54, 1.807) is 0 Å². The minimum atomic E-state index is 0.116. The van der Waals surface area contributed by atoms with E-state index in [0.717, 1.165) is 19.5 Å². The highest BCUT2D eigenvalue weighted by Crippen LogP contribution is 2.40. The van der Waals surface area contributed by atoms with Crippen LogP contribution in [0.25, 0.3) is 0 Å². The van der Waals surface area contributed by atoms with Crippen molar-refractivity contribution >= 4 is 11.4 Å². The molecule has 0 atom stereocenters. The molecule has 136 valence electrons. The van der Waals surface area contributed by atoms with Crippen molar-refractivity contribution in [3.8, 4) is 0 Å². The van der Waals surface area contributed by atoms with Crippen LogP contribution in [0, 0.1) is 5.41 Å². The zero-order valence-corrected chi connectivity index (χ0v) is 16.4. The molecule has 25 heavy (non-hydrogen) atoms. The summed E-state index contributed by atoms with van der Waals surface area (Å²) in [7, 11) is 0. The van der Waals surface area contributed by atoms with E-state index in [1.165, 1.54) is 54.7 Å². The molecule has 1 aliphatic heterocycles. The van der Waals surface area contributed by atoms with Gasteiger partial charge in [0, 0.05) is 31.2 Å². The van der Waals surface area contributed by atoms with Gasteiger partial charge in [-0.15, -0.1) is 0 Å². The molecule has 0 unspecified atom stereocenters. The van der Waals surface area contributed by atoms with Gasteiger partial charge in [-0.1, -0.05) is 70.9 Å². The number of para-hydroxylation sites is 2. The third-order valence-corrected chi connectivity index (χ3v) is 5.93. The van der Waals surface area contributed by atoms with Gasteiger partial charge in [-0.05, 0) is 30.4 Å². The first-order valence-corrected chi connectivity index (χ1v) is 9.87. The van der Waals surface area contributed by atoms with E-state index in [9.17, 15) is 0 Å². The Morgan fingerprint density at radius 1 is 1.08 bits per heavy atom. The molecule has 0 radical (unpaired) electrons. The largest absolute Gasteiger partial charge is 0.366 e. The lowest BCUT2D eigenvalue weighted by Gasteiger charge is -2.36. The normalized spacial score (nSPS) is 19.6. The number of rotatable bonds is 3. The third-order valence-electron chi connectivity index (χ3n) is 5.93. The Bertz CT molecular complexity index is 632.